The van der Waals surface area contributed by atoms with Crippen molar-refractivity contribution in [2.24, 2.45) is 4.99 Å². The molecular weight excluding hydrogens is 440 g/mol. The molecule has 0 saturated carbocycles. The number of thiophene rings is 1. The number of methoxy groups -OCH3 is 2. The van der Waals surface area contributed by atoms with E-state index in [-0.39, 0.29) is 0 Å². The fraction of sp³-hybridized carbons (Fsp3) is 0.120. The summed E-state index contributed by atoms with van der Waals surface area (Å²) in [4.78, 5) is 11.9. The van der Waals surface area contributed by atoms with E-state index in [0.29, 0.717) is 16.6 Å². The molecule has 0 unspecified atom stereocenters. The van der Waals surface area contributed by atoms with E-state index in [1.54, 1.807) is 36.9 Å². The third-order valence-electron chi connectivity index (χ3n) is 5.07. The number of hydrogen-bond acceptors (Lipinski definition) is 7. The standard InChI is InChI=1S/C25H20N2O3S2/c1-15-24(16-10-11-20(28-2)21(13-16)29-3)27-25(32-15)26-18-14-22(23-9-6-12-31-23)30-19-8-5-4-7-17(18)19/h4-14H,1-3H3. The smallest absolute Gasteiger partial charge is 0.210 e. The molecule has 0 amide bonds. The van der Waals surface area contributed by atoms with E-state index in [9.17, 15) is 0 Å². The number of aromatic nitrogens is 1. The maximum absolute atomic E-state index is 6.14. The van der Waals surface area contributed by atoms with Crippen LogP contribution in [0.5, 0.6) is 11.5 Å². The summed E-state index contributed by atoms with van der Waals surface area (Å²) in [5.74, 6) is 2.16. The van der Waals surface area contributed by atoms with Crippen LogP contribution >= 0.6 is 22.7 Å². The van der Waals surface area contributed by atoms with Gasteiger partial charge in [-0.1, -0.05) is 29.5 Å². The van der Waals surface area contributed by atoms with E-state index in [1.807, 2.05) is 66.0 Å². The summed E-state index contributed by atoms with van der Waals surface area (Å²) < 4.78 is 16.9. The van der Waals surface area contributed by atoms with Gasteiger partial charge in [-0.3, -0.25) is 0 Å². The molecule has 3 heterocycles. The van der Waals surface area contributed by atoms with Crippen molar-refractivity contribution in [1.82, 2.24) is 4.98 Å². The maximum Gasteiger partial charge on any atom is 0.210 e. The Morgan fingerprint density at radius 1 is 0.938 bits per heavy atom. The van der Waals surface area contributed by atoms with Gasteiger partial charge in [-0.2, -0.15) is 0 Å². The van der Waals surface area contributed by atoms with Crippen molar-refractivity contribution < 1.29 is 13.9 Å². The largest absolute Gasteiger partial charge is 0.493 e. The first kappa shape index (κ1) is 20.5. The Morgan fingerprint density at radius 3 is 2.56 bits per heavy atom. The molecule has 0 aliphatic rings. The summed E-state index contributed by atoms with van der Waals surface area (Å²) in [5, 5.41) is 4.52. The molecule has 32 heavy (non-hydrogen) atoms. The van der Waals surface area contributed by atoms with Gasteiger partial charge in [0.1, 0.15) is 11.3 Å². The molecule has 2 aromatic carbocycles. The predicted octanol–water partition coefficient (Wildman–Crippen LogP) is 6.84. The number of nitrogens with zero attached hydrogens (tertiary/aromatic N) is 2. The second-order valence-corrected chi connectivity index (χ2v) is 9.18. The van der Waals surface area contributed by atoms with Crippen molar-refractivity contribution in [2.75, 3.05) is 14.2 Å². The summed E-state index contributed by atoms with van der Waals surface area (Å²) in [5.41, 5.74) is 2.65. The van der Waals surface area contributed by atoms with E-state index in [4.69, 9.17) is 23.9 Å². The van der Waals surface area contributed by atoms with Crippen LogP contribution in [0.1, 0.15) is 4.88 Å². The van der Waals surface area contributed by atoms with Crippen molar-refractivity contribution in [3.05, 3.63) is 76.3 Å². The summed E-state index contributed by atoms with van der Waals surface area (Å²) in [6.45, 7) is 2.05. The molecule has 0 bridgehead atoms. The maximum atomic E-state index is 6.14. The summed E-state index contributed by atoms with van der Waals surface area (Å²) >= 11 is 3.20. The summed E-state index contributed by atoms with van der Waals surface area (Å²) in [6, 6.07) is 19.8. The number of thiazole rings is 1. The van der Waals surface area contributed by atoms with Crippen LogP contribution in [0.25, 0.3) is 32.9 Å². The highest BCUT2D eigenvalue weighted by atomic mass is 32.1. The first-order chi connectivity index (χ1) is 15.7. The Labute approximate surface area is 193 Å². The van der Waals surface area contributed by atoms with E-state index in [2.05, 4.69) is 6.92 Å². The lowest BCUT2D eigenvalue weighted by atomic mass is 10.1. The molecule has 5 nitrogen and oxygen atoms in total. The molecule has 0 aliphatic carbocycles. The average Bonchev–Trinajstić information content (AvgIpc) is 3.48. The van der Waals surface area contributed by atoms with Gasteiger partial charge in [0.05, 0.1) is 30.1 Å². The molecule has 7 heteroatoms. The lowest BCUT2D eigenvalue weighted by Gasteiger charge is -2.08. The predicted molar refractivity (Wildman–Crippen MR) is 130 cm³/mol. The number of aryl methyl sites for hydroxylation is 1. The van der Waals surface area contributed by atoms with Gasteiger partial charge in [-0.05, 0) is 48.7 Å². The quantitative estimate of drug-likeness (QED) is 0.288. The Bertz CT molecular complexity index is 1470. The minimum Gasteiger partial charge on any atom is -0.493 e. The third kappa shape index (κ3) is 3.81. The normalized spacial score (nSPS) is 11.8. The number of benzene rings is 2. The minimum absolute atomic E-state index is 0.673. The first-order valence-corrected chi connectivity index (χ1v) is 11.7. The summed E-state index contributed by atoms with van der Waals surface area (Å²) in [6.07, 6.45) is 0. The number of ether oxygens (including phenoxy) is 2. The van der Waals surface area contributed by atoms with Gasteiger partial charge < -0.3 is 13.9 Å². The number of para-hydroxylation sites is 1. The minimum atomic E-state index is 0.673. The van der Waals surface area contributed by atoms with Gasteiger partial charge in [0.2, 0.25) is 5.13 Å². The second kappa shape index (κ2) is 8.61. The van der Waals surface area contributed by atoms with Gasteiger partial charge in [-0.15, -0.1) is 11.3 Å². The molecule has 160 valence electrons. The number of fused-ring (bicyclic) bond motifs is 1. The average molecular weight is 461 g/mol. The lowest BCUT2D eigenvalue weighted by Crippen LogP contribution is -2.02. The molecule has 0 spiro atoms. The zero-order chi connectivity index (χ0) is 22.1. The second-order valence-electron chi connectivity index (χ2n) is 7.05. The number of rotatable bonds is 5. The van der Waals surface area contributed by atoms with Crippen LogP contribution in [0.3, 0.4) is 0 Å². The van der Waals surface area contributed by atoms with Crippen LogP contribution in [-0.2, 0) is 0 Å². The molecule has 0 fully saturated rings. The molecule has 0 aliphatic heterocycles. The first-order valence-electron chi connectivity index (χ1n) is 9.97. The van der Waals surface area contributed by atoms with Gasteiger partial charge in [-0.25, -0.2) is 9.98 Å². The van der Waals surface area contributed by atoms with E-state index in [0.717, 1.165) is 43.1 Å². The topological polar surface area (TPSA) is 56.9 Å². The molecule has 5 rings (SSSR count). The Hall–Kier alpha value is -3.42. The highest BCUT2D eigenvalue weighted by molar-refractivity contribution is 7.15. The Kier molecular flexibility index (Phi) is 5.51. The highest BCUT2D eigenvalue weighted by Crippen LogP contribution is 2.36. The van der Waals surface area contributed by atoms with Crippen LogP contribution in [0.2, 0.25) is 0 Å². The van der Waals surface area contributed by atoms with Gasteiger partial charge in [0, 0.05) is 21.9 Å². The fourth-order valence-corrected chi connectivity index (χ4v) is 5.03. The van der Waals surface area contributed by atoms with Gasteiger partial charge in [0.15, 0.2) is 11.5 Å². The lowest BCUT2D eigenvalue weighted by molar-refractivity contribution is 0.355. The molecule has 0 radical (unpaired) electrons. The van der Waals surface area contributed by atoms with Gasteiger partial charge >= 0.3 is 0 Å². The Balaban J connectivity index is 1.64. The van der Waals surface area contributed by atoms with Crippen molar-refractivity contribution in [3.8, 4) is 33.4 Å². The van der Waals surface area contributed by atoms with Crippen LogP contribution < -0.4 is 14.8 Å². The van der Waals surface area contributed by atoms with Crippen molar-refractivity contribution in [2.45, 2.75) is 6.92 Å². The number of hydrogen-bond donors (Lipinski definition) is 0. The van der Waals surface area contributed by atoms with Crippen LogP contribution in [0.15, 0.2) is 75.5 Å². The SMILES string of the molecule is COc1ccc(-c2nc(N=c3cc(-c4cccs4)oc4ccccc34)sc2C)cc1OC. The molecular formula is C25H20N2O3S2. The van der Waals surface area contributed by atoms with Crippen LogP contribution in [0.4, 0.5) is 5.13 Å². The molecule has 0 N–H and O–H groups in total. The monoisotopic (exact) mass is 460 g/mol. The van der Waals surface area contributed by atoms with Crippen LogP contribution in [-0.4, -0.2) is 19.2 Å². The highest BCUT2D eigenvalue weighted by Gasteiger charge is 2.13. The third-order valence-corrected chi connectivity index (χ3v) is 6.82. The van der Waals surface area contributed by atoms with Crippen LogP contribution in [0, 0.1) is 6.92 Å². The zero-order valence-electron chi connectivity index (χ0n) is 17.8. The summed E-state index contributed by atoms with van der Waals surface area (Å²) in [7, 11) is 3.26. The Morgan fingerprint density at radius 2 is 1.78 bits per heavy atom. The van der Waals surface area contributed by atoms with Crippen molar-refractivity contribution in [3.63, 3.8) is 0 Å². The van der Waals surface area contributed by atoms with E-state index < -0.39 is 0 Å². The zero-order valence-corrected chi connectivity index (χ0v) is 19.4. The molecule has 0 atom stereocenters. The van der Waals surface area contributed by atoms with E-state index in [1.165, 1.54) is 0 Å². The van der Waals surface area contributed by atoms with Gasteiger partial charge in [0.25, 0.3) is 0 Å². The molecule has 3 aromatic heterocycles. The van der Waals surface area contributed by atoms with Crippen molar-refractivity contribution >= 4 is 38.8 Å². The molecule has 0 saturated heterocycles. The molecule has 5 aromatic rings. The van der Waals surface area contributed by atoms with Crippen molar-refractivity contribution in [1.29, 1.82) is 0 Å². The fourth-order valence-electron chi connectivity index (χ4n) is 3.53. The van der Waals surface area contributed by atoms with E-state index >= 15 is 0 Å².